The Morgan fingerprint density at radius 1 is 1.35 bits per heavy atom. The molecule has 2 aromatic heterocycles. The molecule has 1 aromatic carbocycles. The molecule has 26 heavy (non-hydrogen) atoms. The lowest BCUT2D eigenvalue weighted by Crippen LogP contribution is -2.49. The highest BCUT2D eigenvalue weighted by Gasteiger charge is 2.36. The number of nitrogens with zero attached hydrogens (tertiary/aromatic N) is 4. The lowest BCUT2D eigenvalue weighted by atomic mass is 10.0. The third-order valence-electron chi connectivity index (χ3n) is 3.89. The quantitative estimate of drug-likeness (QED) is 0.609. The number of carbonyl (C=O) groups excluding carboxylic acids is 1. The van der Waals surface area contributed by atoms with Crippen LogP contribution >= 0.6 is 27.3 Å². The Bertz CT molecular complexity index is 974. The molecule has 0 saturated heterocycles. The molecule has 3 heterocycles. The molecule has 4 rings (SSSR count). The van der Waals surface area contributed by atoms with Gasteiger partial charge in [0, 0.05) is 22.2 Å². The van der Waals surface area contributed by atoms with Crippen LogP contribution in [-0.2, 0) is 0 Å². The first-order valence-corrected chi connectivity index (χ1v) is 9.62. The summed E-state index contributed by atoms with van der Waals surface area (Å²) < 4.78 is 6.93. The van der Waals surface area contributed by atoms with Crippen LogP contribution in [0, 0.1) is 0 Å². The summed E-state index contributed by atoms with van der Waals surface area (Å²) in [7, 11) is 0. The van der Waals surface area contributed by atoms with E-state index in [4.69, 9.17) is 4.74 Å². The number of ether oxygens (including phenoxy) is 1. The van der Waals surface area contributed by atoms with Crippen molar-refractivity contribution in [3.05, 3.63) is 52.3 Å². The Morgan fingerprint density at radius 3 is 2.96 bits per heavy atom. The fraction of sp³-hybridized carbons (Fsp3) is 0.222. The lowest BCUT2D eigenvalue weighted by molar-refractivity contribution is 0.0833. The Labute approximate surface area is 163 Å². The summed E-state index contributed by atoms with van der Waals surface area (Å²) in [6, 6.07) is 5.65. The minimum absolute atomic E-state index is 0.156. The van der Waals surface area contributed by atoms with Gasteiger partial charge >= 0.3 is 0 Å². The zero-order valence-electron chi connectivity index (χ0n) is 14.1. The smallest absolute Gasteiger partial charge is 0.278 e. The van der Waals surface area contributed by atoms with Crippen molar-refractivity contribution in [3.63, 3.8) is 0 Å². The maximum atomic E-state index is 13.1. The molecule has 0 radical (unpaired) electrons. The number of thiazole rings is 1. The molecule has 1 amide bonds. The second-order valence-corrected chi connectivity index (χ2v) is 8.27. The van der Waals surface area contributed by atoms with Crippen LogP contribution in [0.5, 0.6) is 5.75 Å². The van der Waals surface area contributed by atoms with Gasteiger partial charge in [0.05, 0.1) is 18.4 Å². The average Bonchev–Trinajstić information content (AvgIpc) is 3.10. The molecule has 0 N–H and O–H groups in total. The molecule has 0 fully saturated rings. The Balaban J connectivity index is 1.70. The van der Waals surface area contributed by atoms with Gasteiger partial charge in [0.15, 0.2) is 0 Å². The number of rotatable bonds is 2. The molecule has 0 atom stereocenters. The third kappa shape index (κ3) is 3.22. The van der Waals surface area contributed by atoms with E-state index in [1.165, 1.54) is 11.3 Å². The minimum atomic E-state index is -0.493. The van der Waals surface area contributed by atoms with E-state index in [2.05, 4.69) is 30.9 Å². The molecule has 0 spiro atoms. The van der Waals surface area contributed by atoms with Gasteiger partial charge in [0.25, 0.3) is 5.91 Å². The van der Waals surface area contributed by atoms with Gasteiger partial charge in [-0.3, -0.25) is 19.7 Å². The highest BCUT2D eigenvalue weighted by atomic mass is 79.9. The molecule has 1 aliphatic rings. The number of aromatic nitrogens is 3. The van der Waals surface area contributed by atoms with Crippen molar-refractivity contribution in [1.29, 1.82) is 0 Å². The SMILES string of the molecule is CC1(C)CN(C(=O)c2csc(-c3cnccn3)n2)c2ccc(Br)cc2O1. The third-order valence-corrected chi connectivity index (χ3v) is 5.25. The van der Waals surface area contributed by atoms with Crippen LogP contribution < -0.4 is 9.64 Å². The molecule has 8 heteroatoms. The summed E-state index contributed by atoms with van der Waals surface area (Å²) in [4.78, 5) is 27.6. The maximum absolute atomic E-state index is 13.1. The minimum Gasteiger partial charge on any atom is -0.484 e. The molecule has 1 aliphatic heterocycles. The number of benzene rings is 1. The van der Waals surface area contributed by atoms with Crippen LogP contribution in [0.2, 0.25) is 0 Å². The van der Waals surface area contributed by atoms with Gasteiger partial charge in [-0.25, -0.2) is 4.98 Å². The normalized spacial score (nSPS) is 15.3. The first-order valence-electron chi connectivity index (χ1n) is 7.95. The predicted octanol–water partition coefficient (Wildman–Crippen LogP) is 4.18. The van der Waals surface area contributed by atoms with E-state index in [1.807, 2.05) is 32.0 Å². The van der Waals surface area contributed by atoms with Crippen LogP contribution in [0.1, 0.15) is 24.3 Å². The van der Waals surface area contributed by atoms with E-state index in [-0.39, 0.29) is 5.91 Å². The molecular formula is C18H15BrN4O2S. The van der Waals surface area contributed by atoms with Crippen molar-refractivity contribution < 1.29 is 9.53 Å². The average molecular weight is 431 g/mol. The Morgan fingerprint density at radius 2 is 2.19 bits per heavy atom. The standard InChI is InChI=1S/C18H15BrN4O2S/c1-18(2)10-23(14-4-3-11(19)7-15(14)25-18)17(24)13-9-26-16(22-13)12-8-20-5-6-21-12/h3-9H,10H2,1-2H3. The van der Waals surface area contributed by atoms with E-state index < -0.39 is 5.60 Å². The van der Waals surface area contributed by atoms with Crippen molar-refractivity contribution in [1.82, 2.24) is 15.0 Å². The molecule has 0 bridgehead atoms. The number of amides is 1. The number of fused-ring (bicyclic) bond motifs is 1. The summed E-state index contributed by atoms with van der Waals surface area (Å²) in [5.74, 6) is 0.518. The van der Waals surface area contributed by atoms with Crippen molar-refractivity contribution in [2.24, 2.45) is 0 Å². The fourth-order valence-corrected chi connectivity index (χ4v) is 3.90. The van der Waals surface area contributed by atoms with Gasteiger partial charge in [0.2, 0.25) is 0 Å². The van der Waals surface area contributed by atoms with Gasteiger partial charge in [-0.05, 0) is 32.0 Å². The lowest BCUT2D eigenvalue weighted by Gasteiger charge is -2.39. The van der Waals surface area contributed by atoms with Gasteiger partial charge in [-0.1, -0.05) is 15.9 Å². The van der Waals surface area contributed by atoms with Crippen molar-refractivity contribution in [2.45, 2.75) is 19.4 Å². The van der Waals surface area contributed by atoms with E-state index in [0.717, 1.165) is 10.2 Å². The summed E-state index contributed by atoms with van der Waals surface area (Å²) in [5, 5.41) is 2.43. The van der Waals surface area contributed by atoms with E-state index in [1.54, 1.807) is 28.9 Å². The second kappa shape index (κ2) is 6.44. The first kappa shape index (κ1) is 17.1. The zero-order valence-corrected chi connectivity index (χ0v) is 16.5. The maximum Gasteiger partial charge on any atom is 0.278 e. The Hall–Kier alpha value is -2.32. The predicted molar refractivity (Wildman–Crippen MR) is 104 cm³/mol. The van der Waals surface area contributed by atoms with Crippen molar-refractivity contribution in [3.8, 4) is 16.5 Å². The highest BCUT2D eigenvalue weighted by Crippen LogP contribution is 2.39. The van der Waals surface area contributed by atoms with Crippen LogP contribution in [0.25, 0.3) is 10.7 Å². The van der Waals surface area contributed by atoms with Crippen LogP contribution in [-0.4, -0.2) is 33.0 Å². The topological polar surface area (TPSA) is 68.2 Å². The van der Waals surface area contributed by atoms with Crippen molar-refractivity contribution in [2.75, 3.05) is 11.4 Å². The first-order chi connectivity index (χ1) is 12.4. The van der Waals surface area contributed by atoms with Crippen molar-refractivity contribution >= 4 is 38.9 Å². The van der Waals surface area contributed by atoms with Crippen LogP contribution in [0.4, 0.5) is 5.69 Å². The van der Waals surface area contributed by atoms with Crippen LogP contribution in [0.3, 0.4) is 0 Å². The summed E-state index contributed by atoms with van der Waals surface area (Å²) >= 11 is 4.83. The monoisotopic (exact) mass is 430 g/mol. The molecule has 0 unspecified atom stereocenters. The number of carbonyl (C=O) groups is 1. The largest absolute Gasteiger partial charge is 0.484 e. The molecule has 0 aliphatic carbocycles. The fourth-order valence-electron chi connectivity index (χ4n) is 2.81. The van der Waals surface area contributed by atoms with Gasteiger partial charge in [0.1, 0.15) is 27.7 Å². The molecule has 0 saturated carbocycles. The second-order valence-electron chi connectivity index (χ2n) is 6.49. The summed E-state index contributed by atoms with van der Waals surface area (Å²) in [5.41, 5.74) is 1.30. The number of anilines is 1. The Kier molecular flexibility index (Phi) is 4.24. The molecular weight excluding hydrogens is 416 g/mol. The van der Waals surface area contributed by atoms with Gasteiger partial charge < -0.3 is 4.74 Å². The van der Waals surface area contributed by atoms with E-state index in [0.29, 0.717) is 28.7 Å². The van der Waals surface area contributed by atoms with E-state index >= 15 is 0 Å². The van der Waals surface area contributed by atoms with Gasteiger partial charge in [-0.15, -0.1) is 11.3 Å². The highest BCUT2D eigenvalue weighted by molar-refractivity contribution is 9.10. The van der Waals surface area contributed by atoms with E-state index in [9.17, 15) is 4.79 Å². The molecule has 3 aromatic rings. The summed E-state index contributed by atoms with van der Waals surface area (Å²) in [6.45, 7) is 4.37. The molecule has 6 nitrogen and oxygen atoms in total. The molecule has 132 valence electrons. The number of hydrogen-bond donors (Lipinski definition) is 0. The van der Waals surface area contributed by atoms with Gasteiger partial charge in [-0.2, -0.15) is 0 Å². The number of halogens is 1. The summed E-state index contributed by atoms with van der Waals surface area (Å²) in [6.07, 6.45) is 4.85. The zero-order chi connectivity index (χ0) is 18.3. The van der Waals surface area contributed by atoms with Crippen LogP contribution in [0.15, 0.2) is 46.6 Å². The number of hydrogen-bond acceptors (Lipinski definition) is 6.